The van der Waals surface area contributed by atoms with Gasteiger partial charge in [0.05, 0.1) is 24.9 Å². The lowest BCUT2D eigenvalue weighted by molar-refractivity contribution is 0.146. The number of ether oxygens (including phenoxy) is 3. The summed E-state index contributed by atoms with van der Waals surface area (Å²) >= 11 is 0. The highest BCUT2D eigenvalue weighted by atomic mass is 16.5. The van der Waals surface area contributed by atoms with E-state index in [-0.39, 0.29) is 5.75 Å². The van der Waals surface area contributed by atoms with E-state index in [4.69, 9.17) is 14.2 Å². The van der Waals surface area contributed by atoms with E-state index >= 15 is 0 Å². The molecule has 0 bridgehead atoms. The summed E-state index contributed by atoms with van der Waals surface area (Å²) in [6.07, 6.45) is 0. The van der Waals surface area contributed by atoms with Gasteiger partial charge in [-0.3, -0.25) is 0 Å². The molecular formula is C20H21NO4. The zero-order valence-electron chi connectivity index (χ0n) is 14.6. The number of fused-ring (bicyclic) bond motifs is 1. The van der Waals surface area contributed by atoms with Gasteiger partial charge in [-0.15, -0.1) is 0 Å². The summed E-state index contributed by atoms with van der Waals surface area (Å²) in [6.45, 7) is 3.07. The van der Waals surface area contributed by atoms with E-state index in [1.165, 1.54) is 7.11 Å². The van der Waals surface area contributed by atoms with E-state index in [2.05, 4.69) is 4.98 Å². The normalized spacial score (nSPS) is 10.8. The predicted octanol–water partition coefficient (Wildman–Crippen LogP) is 3.95. The first kappa shape index (κ1) is 17.0. The Morgan fingerprint density at radius 2 is 1.88 bits per heavy atom. The summed E-state index contributed by atoms with van der Waals surface area (Å²) in [5.74, 6) is 1.31. The number of methoxy groups -OCH3 is 2. The van der Waals surface area contributed by atoms with Crippen molar-refractivity contribution >= 4 is 10.9 Å². The number of rotatable bonds is 6. The van der Waals surface area contributed by atoms with Crippen molar-refractivity contribution in [2.45, 2.75) is 6.92 Å². The first-order valence-corrected chi connectivity index (χ1v) is 8.03. The first-order chi connectivity index (χ1) is 12.1. The van der Waals surface area contributed by atoms with E-state index < -0.39 is 0 Å². The number of aryl methyl sites for hydroxylation is 1. The summed E-state index contributed by atoms with van der Waals surface area (Å²) in [6, 6.07) is 13.1. The molecule has 0 unspecified atom stereocenters. The Labute approximate surface area is 146 Å². The molecule has 130 valence electrons. The molecule has 0 amide bonds. The number of phenols is 1. The minimum atomic E-state index is 0.0933. The third-order valence-corrected chi connectivity index (χ3v) is 4.04. The highest BCUT2D eigenvalue weighted by molar-refractivity contribution is 5.87. The molecule has 0 aliphatic carbocycles. The lowest BCUT2D eigenvalue weighted by Crippen LogP contribution is -2.04. The topological polar surface area (TPSA) is 60.8 Å². The smallest absolute Gasteiger partial charge is 0.167 e. The van der Waals surface area contributed by atoms with Crippen molar-refractivity contribution < 1.29 is 19.3 Å². The molecule has 0 saturated heterocycles. The number of pyridine rings is 1. The fourth-order valence-electron chi connectivity index (χ4n) is 2.74. The van der Waals surface area contributed by atoms with Gasteiger partial charge >= 0.3 is 0 Å². The van der Waals surface area contributed by atoms with E-state index in [1.807, 2.05) is 43.3 Å². The lowest BCUT2D eigenvalue weighted by Gasteiger charge is -2.12. The molecule has 0 fully saturated rings. The Balaban J connectivity index is 2.01. The molecule has 0 atom stereocenters. The van der Waals surface area contributed by atoms with Gasteiger partial charge in [0.25, 0.3) is 0 Å². The summed E-state index contributed by atoms with van der Waals surface area (Å²) in [4.78, 5) is 4.68. The Morgan fingerprint density at radius 1 is 1.04 bits per heavy atom. The van der Waals surface area contributed by atoms with Crippen LogP contribution in [0.4, 0.5) is 0 Å². The molecule has 0 radical (unpaired) electrons. The Morgan fingerprint density at radius 3 is 2.64 bits per heavy atom. The molecular weight excluding hydrogens is 318 g/mol. The van der Waals surface area contributed by atoms with E-state index in [0.717, 1.165) is 22.2 Å². The predicted molar refractivity (Wildman–Crippen MR) is 97.5 cm³/mol. The highest BCUT2D eigenvalue weighted by Crippen LogP contribution is 2.37. The van der Waals surface area contributed by atoms with Crippen molar-refractivity contribution in [2.24, 2.45) is 0 Å². The summed E-state index contributed by atoms with van der Waals surface area (Å²) in [7, 11) is 3.18. The first-order valence-electron chi connectivity index (χ1n) is 8.03. The number of benzene rings is 2. The maximum atomic E-state index is 10.4. The molecule has 0 aliphatic rings. The Hall–Kier alpha value is -2.79. The van der Waals surface area contributed by atoms with Crippen LogP contribution in [0.5, 0.6) is 17.2 Å². The SMILES string of the molecule is COCCOc1ccc2nc(-c3cccc(OC)c3O)cc(C)c2c1. The second-order valence-electron chi connectivity index (χ2n) is 5.70. The molecule has 3 rings (SSSR count). The van der Waals surface area contributed by atoms with Crippen LogP contribution in [0, 0.1) is 6.92 Å². The molecule has 1 aromatic heterocycles. The third kappa shape index (κ3) is 3.51. The fourth-order valence-corrected chi connectivity index (χ4v) is 2.74. The Kier molecular flexibility index (Phi) is 5.05. The van der Waals surface area contributed by atoms with Crippen LogP contribution in [0.1, 0.15) is 5.56 Å². The number of hydrogen-bond acceptors (Lipinski definition) is 5. The van der Waals surface area contributed by atoms with E-state index in [0.29, 0.717) is 30.2 Å². The van der Waals surface area contributed by atoms with E-state index in [1.54, 1.807) is 13.2 Å². The van der Waals surface area contributed by atoms with Crippen LogP contribution in [0.3, 0.4) is 0 Å². The van der Waals surface area contributed by atoms with Crippen molar-refractivity contribution in [3.8, 4) is 28.5 Å². The minimum absolute atomic E-state index is 0.0933. The van der Waals surface area contributed by atoms with Crippen molar-refractivity contribution in [3.05, 3.63) is 48.0 Å². The highest BCUT2D eigenvalue weighted by Gasteiger charge is 2.13. The molecule has 1 heterocycles. The van der Waals surface area contributed by atoms with Gasteiger partial charge in [-0.25, -0.2) is 4.98 Å². The molecule has 2 aromatic carbocycles. The quantitative estimate of drug-likeness (QED) is 0.689. The minimum Gasteiger partial charge on any atom is -0.504 e. The van der Waals surface area contributed by atoms with Gasteiger partial charge in [0.2, 0.25) is 0 Å². The van der Waals surface area contributed by atoms with E-state index in [9.17, 15) is 5.11 Å². The van der Waals surface area contributed by atoms with Gasteiger partial charge in [-0.1, -0.05) is 6.07 Å². The molecule has 5 heteroatoms. The average Bonchev–Trinajstić information content (AvgIpc) is 2.62. The van der Waals surface area contributed by atoms with Gasteiger partial charge in [0.15, 0.2) is 11.5 Å². The average molecular weight is 339 g/mol. The molecule has 5 nitrogen and oxygen atoms in total. The molecule has 1 N–H and O–H groups in total. The van der Waals surface area contributed by atoms with Crippen LogP contribution in [-0.4, -0.2) is 37.5 Å². The zero-order chi connectivity index (χ0) is 17.8. The van der Waals surface area contributed by atoms with Crippen molar-refractivity contribution in [3.63, 3.8) is 0 Å². The maximum absolute atomic E-state index is 10.4. The molecule has 0 spiro atoms. The van der Waals surface area contributed by atoms with Crippen LogP contribution < -0.4 is 9.47 Å². The third-order valence-electron chi connectivity index (χ3n) is 4.04. The number of para-hydroxylation sites is 1. The number of hydrogen-bond donors (Lipinski definition) is 1. The zero-order valence-corrected chi connectivity index (χ0v) is 14.6. The molecule has 0 aliphatic heterocycles. The van der Waals surface area contributed by atoms with Crippen LogP contribution in [0.15, 0.2) is 42.5 Å². The standard InChI is InChI=1S/C20H21NO4/c1-13-11-18(15-5-4-6-19(24-3)20(15)22)21-17-8-7-14(12-16(13)17)25-10-9-23-2/h4-8,11-12,22H,9-10H2,1-3H3. The number of phenolic OH excluding ortho intramolecular Hbond substituents is 1. The molecule has 25 heavy (non-hydrogen) atoms. The Bertz CT molecular complexity index is 892. The lowest BCUT2D eigenvalue weighted by atomic mass is 10.0. The second-order valence-corrected chi connectivity index (χ2v) is 5.70. The number of aromatic nitrogens is 1. The van der Waals surface area contributed by atoms with Crippen LogP contribution in [0.25, 0.3) is 22.2 Å². The van der Waals surface area contributed by atoms with Crippen molar-refractivity contribution in [1.82, 2.24) is 4.98 Å². The van der Waals surface area contributed by atoms with Crippen molar-refractivity contribution in [1.29, 1.82) is 0 Å². The summed E-state index contributed by atoms with van der Waals surface area (Å²) < 4.78 is 15.8. The van der Waals surface area contributed by atoms with Crippen LogP contribution in [0.2, 0.25) is 0 Å². The van der Waals surface area contributed by atoms with Gasteiger partial charge < -0.3 is 19.3 Å². The monoisotopic (exact) mass is 339 g/mol. The fraction of sp³-hybridized carbons (Fsp3) is 0.250. The molecule has 3 aromatic rings. The van der Waals surface area contributed by atoms with Gasteiger partial charge in [-0.2, -0.15) is 0 Å². The van der Waals surface area contributed by atoms with Crippen LogP contribution >= 0.6 is 0 Å². The largest absolute Gasteiger partial charge is 0.504 e. The van der Waals surface area contributed by atoms with Gasteiger partial charge in [0, 0.05) is 18.1 Å². The number of aromatic hydroxyl groups is 1. The maximum Gasteiger partial charge on any atom is 0.167 e. The van der Waals surface area contributed by atoms with Gasteiger partial charge in [-0.05, 0) is 48.9 Å². The summed E-state index contributed by atoms with van der Waals surface area (Å²) in [5, 5.41) is 11.4. The second kappa shape index (κ2) is 7.40. The van der Waals surface area contributed by atoms with Crippen LogP contribution in [-0.2, 0) is 4.74 Å². The number of nitrogens with zero attached hydrogens (tertiary/aromatic N) is 1. The molecule has 0 saturated carbocycles. The van der Waals surface area contributed by atoms with Gasteiger partial charge in [0.1, 0.15) is 12.4 Å². The summed E-state index contributed by atoms with van der Waals surface area (Å²) in [5.41, 5.74) is 3.25. The van der Waals surface area contributed by atoms with Crippen molar-refractivity contribution in [2.75, 3.05) is 27.4 Å².